The molecule has 0 aliphatic rings. The summed E-state index contributed by atoms with van der Waals surface area (Å²) in [5.41, 5.74) is 6.61. The largest absolute Gasteiger partial charge is 0.493 e. The van der Waals surface area contributed by atoms with Gasteiger partial charge < -0.3 is 25.0 Å². The van der Waals surface area contributed by atoms with Gasteiger partial charge in [0.2, 0.25) is 17.6 Å². The molecule has 146 valence electrons. The van der Waals surface area contributed by atoms with E-state index in [0.29, 0.717) is 23.2 Å². The second-order valence-corrected chi connectivity index (χ2v) is 6.47. The minimum atomic E-state index is -0.700. The summed E-state index contributed by atoms with van der Waals surface area (Å²) in [7, 11) is 2.89. The number of aryl methyl sites for hydroxylation is 1. The number of methoxy groups -OCH3 is 2. The second kappa shape index (κ2) is 8.53. The summed E-state index contributed by atoms with van der Waals surface area (Å²) in [6.07, 6.45) is 0.333. The summed E-state index contributed by atoms with van der Waals surface area (Å²) in [5, 5.41) is 10.4. The molecule has 0 spiro atoms. The molecule has 28 heavy (non-hydrogen) atoms. The minimum absolute atomic E-state index is 0.0812. The maximum Gasteiger partial charge on any atom is 0.250 e. The SMILES string of the molecule is COc1cc(NC(=O)CCc2nc(-c3ccsc3)no2)c(C(N)=O)cc1OC. The Bertz CT molecular complexity index is 984. The molecule has 3 rings (SSSR count). The van der Waals surface area contributed by atoms with Crippen molar-refractivity contribution in [2.45, 2.75) is 12.8 Å². The minimum Gasteiger partial charge on any atom is -0.493 e. The van der Waals surface area contributed by atoms with E-state index in [-0.39, 0.29) is 30.0 Å². The zero-order valence-electron chi connectivity index (χ0n) is 15.2. The molecule has 0 radical (unpaired) electrons. The number of carbonyl (C=O) groups excluding carboxylic acids is 2. The lowest BCUT2D eigenvalue weighted by atomic mass is 10.1. The zero-order valence-corrected chi connectivity index (χ0v) is 16.0. The van der Waals surface area contributed by atoms with Crippen LogP contribution in [0.5, 0.6) is 11.5 Å². The van der Waals surface area contributed by atoms with Gasteiger partial charge in [-0.25, -0.2) is 0 Å². The highest BCUT2D eigenvalue weighted by molar-refractivity contribution is 7.08. The Morgan fingerprint density at radius 3 is 2.64 bits per heavy atom. The lowest BCUT2D eigenvalue weighted by molar-refractivity contribution is -0.116. The van der Waals surface area contributed by atoms with Crippen molar-refractivity contribution in [3.63, 3.8) is 0 Å². The summed E-state index contributed by atoms with van der Waals surface area (Å²) < 4.78 is 15.5. The molecule has 9 nitrogen and oxygen atoms in total. The molecule has 0 saturated heterocycles. The molecule has 2 amide bonds. The molecule has 1 aromatic carbocycles. The third-order valence-electron chi connectivity index (χ3n) is 3.88. The number of nitrogens with one attached hydrogen (secondary N) is 1. The number of benzene rings is 1. The Balaban J connectivity index is 1.68. The second-order valence-electron chi connectivity index (χ2n) is 5.69. The van der Waals surface area contributed by atoms with Crippen LogP contribution in [0.25, 0.3) is 11.4 Å². The first-order valence-electron chi connectivity index (χ1n) is 8.22. The Hall–Kier alpha value is -3.40. The average molecular weight is 402 g/mol. The monoisotopic (exact) mass is 402 g/mol. The van der Waals surface area contributed by atoms with Gasteiger partial charge in [0.25, 0.3) is 5.91 Å². The number of nitrogens with two attached hydrogens (primary N) is 1. The van der Waals surface area contributed by atoms with Crippen LogP contribution in [-0.2, 0) is 11.2 Å². The van der Waals surface area contributed by atoms with Crippen LogP contribution in [0.15, 0.2) is 33.5 Å². The first kappa shape index (κ1) is 19.4. The molecule has 0 fully saturated rings. The van der Waals surface area contributed by atoms with Crippen molar-refractivity contribution in [1.29, 1.82) is 0 Å². The topological polar surface area (TPSA) is 130 Å². The number of rotatable bonds is 8. The molecule has 0 saturated carbocycles. The van der Waals surface area contributed by atoms with Crippen LogP contribution in [-0.4, -0.2) is 36.2 Å². The number of carbonyl (C=O) groups is 2. The van der Waals surface area contributed by atoms with E-state index in [1.807, 2.05) is 16.8 Å². The Morgan fingerprint density at radius 2 is 2.00 bits per heavy atom. The highest BCUT2D eigenvalue weighted by atomic mass is 32.1. The van der Waals surface area contributed by atoms with E-state index in [2.05, 4.69) is 15.5 Å². The van der Waals surface area contributed by atoms with Crippen LogP contribution in [0.1, 0.15) is 22.7 Å². The van der Waals surface area contributed by atoms with E-state index in [9.17, 15) is 9.59 Å². The predicted molar refractivity (Wildman–Crippen MR) is 103 cm³/mol. The van der Waals surface area contributed by atoms with Gasteiger partial charge in [-0.3, -0.25) is 9.59 Å². The van der Waals surface area contributed by atoms with Crippen molar-refractivity contribution < 1.29 is 23.6 Å². The molecular weight excluding hydrogens is 384 g/mol. The number of amides is 2. The molecule has 3 aromatic rings. The van der Waals surface area contributed by atoms with Gasteiger partial charge in [0, 0.05) is 29.9 Å². The summed E-state index contributed by atoms with van der Waals surface area (Å²) >= 11 is 1.53. The van der Waals surface area contributed by atoms with Crippen LogP contribution >= 0.6 is 11.3 Å². The van der Waals surface area contributed by atoms with Gasteiger partial charge in [-0.15, -0.1) is 0 Å². The van der Waals surface area contributed by atoms with Crippen molar-refractivity contribution in [3.05, 3.63) is 40.4 Å². The third kappa shape index (κ3) is 4.29. The third-order valence-corrected chi connectivity index (χ3v) is 4.56. The van der Waals surface area contributed by atoms with Gasteiger partial charge in [0.1, 0.15) is 0 Å². The first-order valence-corrected chi connectivity index (χ1v) is 9.17. The fourth-order valence-corrected chi connectivity index (χ4v) is 3.12. The van der Waals surface area contributed by atoms with Crippen molar-refractivity contribution in [2.75, 3.05) is 19.5 Å². The number of nitrogens with zero attached hydrogens (tertiary/aromatic N) is 2. The van der Waals surface area contributed by atoms with Crippen LogP contribution in [0.4, 0.5) is 5.69 Å². The first-order chi connectivity index (χ1) is 13.5. The van der Waals surface area contributed by atoms with Gasteiger partial charge in [-0.1, -0.05) is 5.16 Å². The van der Waals surface area contributed by atoms with Crippen LogP contribution in [0.2, 0.25) is 0 Å². The number of hydrogen-bond donors (Lipinski definition) is 2. The summed E-state index contributed by atoms with van der Waals surface area (Å²) in [6.45, 7) is 0. The normalized spacial score (nSPS) is 10.5. The molecule has 2 aromatic heterocycles. The Labute approximate surface area is 164 Å². The van der Waals surface area contributed by atoms with E-state index in [0.717, 1.165) is 5.56 Å². The fraction of sp³-hybridized carbons (Fsp3) is 0.222. The average Bonchev–Trinajstić information content (AvgIpc) is 3.37. The van der Waals surface area contributed by atoms with Gasteiger partial charge in [-0.2, -0.15) is 16.3 Å². The van der Waals surface area contributed by atoms with Crippen molar-refractivity contribution in [1.82, 2.24) is 10.1 Å². The van der Waals surface area contributed by atoms with E-state index in [1.165, 1.54) is 37.7 Å². The molecule has 0 aliphatic carbocycles. The maximum absolute atomic E-state index is 12.3. The number of anilines is 1. The predicted octanol–water partition coefficient (Wildman–Crippen LogP) is 2.49. The molecular formula is C18H18N4O5S. The Morgan fingerprint density at radius 1 is 1.25 bits per heavy atom. The summed E-state index contributed by atoms with van der Waals surface area (Å²) in [5.74, 6) is 0.478. The Kier molecular flexibility index (Phi) is 5.90. The number of aromatic nitrogens is 2. The van der Waals surface area contributed by atoms with Crippen molar-refractivity contribution >= 4 is 28.8 Å². The lowest BCUT2D eigenvalue weighted by Gasteiger charge is -2.14. The highest BCUT2D eigenvalue weighted by Gasteiger charge is 2.17. The lowest BCUT2D eigenvalue weighted by Crippen LogP contribution is -2.19. The smallest absolute Gasteiger partial charge is 0.250 e. The number of primary amides is 1. The highest BCUT2D eigenvalue weighted by Crippen LogP contribution is 2.33. The van der Waals surface area contributed by atoms with E-state index in [4.69, 9.17) is 19.7 Å². The molecule has 0 aliphatic heterocycles. The van der Waals surface area contributed by atoms with Gasteiger partial charge in [-0.05, 0) is 17.5 Å². The standard InChI is InChI=1S/C18H18N4O5S/c1-25-13-7-11(17(19)24)12(8-14(13)26-2)20-15(23)3-4-16-21-18(22-27-16)10-5-6-28-9-10/h5-9H,3-4H2,1-2H3,(H2,19,24)(H,20,23). The van der Waals surface area contributed by atoms with Gasteiger partial charge in [0.05, 0.1) is 25.5 Å². The maximum atomic E-state index is 12.3. The quantitative estimate of drug-likeness (QED) is 0.592. The molecule has 0 atom stereocenters. The number of ether oxygens (including phenoxy) is 2. The summed E-state index contributed by atoms with van der Waals surface area (Å²) in [4.78, 5) is 28.3. The summed E-state index contributed by atoms with van der Waals surface area (Å²) in [6, 6.07) is 4.79. The molecule has 3 N–H and O–H groups in total. The number of hydrogen-bond acceptors (Lipinski definition) is 8. The van der Waals surface area contributed by atoms with E-state index >= 15 is 0 Å². The zero-order chi connectivity index (χ0) is 20.1. The van der Waals surface area contributed by atoms with E-state index < -0.39 is 5.91 Å². The molecule has 0 unspecified atom stereocenters. The van der Waals surface area contributed by atoms with E-state index in [1.54, 1.807) is 0 Å². The van der Waals surface area contributed by atoms with Crippen LogP contribution in [0, 0.1) is 0 Å². The van der Waals surface area contributed by atoms with Gasteiger partial charge >= 0.3 is 0 Å². The molecule has 2 heterocycles. The molecule has 10 heteroatoms. The molecule has 0 bridgehead atoms. The van der Waals surface area contributed by atoms with Crippen LogP contribution < -0.4 is 20.5 Å². The fourth-order valence-electron chi connectivity index (χ4n) is 2.48. The van der Waals surface area contributed by atoms with Crippen molar-refractivity contribution in [2.24, 2.45) is 5.73 Å². The van der Waals surface area contributed by atoms with Crippen molar-refractivity contribution in [3.8, 4) is 22.9 Å². The number of thiophene rings is 1. The van der Waals surface area contributed by atoms with Crippen LogP contribution in [0.3, 0.4) is 0 Å². The van der Waals surface area contributed by atoms with Gasteiger partial charge in [0.15, 0.2) is 11.5 Å².